The van der Waals surface area contributed by atoms with Crippen LogP contribution in [0.5, 0.6) is 0 Å². The molecule has 0 fully saturated rings. The molecule has 3 rings (SSSR count). The van der Waals surface area contributed by atoms with Gasteiger partial charge in [0.1, 0.15) is 0 Å². The molecule has 0 saturated heterocycles. The number of nitrogens with zero attached hydrogens (tertiary/aromatic N) is 2. The lowest BCUT2D eigenvalue weighted by molar-refractivity contribution is -0.119. The number of hydrogen-bond donors (Lipinski definition) is 1. The molecule has 0 radical (unpaired) electrons. The maximum atomic E-state index is 12.8. The molecule has 0 bridgehead atoms. The number of aryl methyl sites for hydroxylation is 2. The van der Waals surface area contributed by atoms with Crippen LogP contribution >= 0.6 is 0 Å². The van der Waals surface area contributed by atoms with Crippen molar-refractivity contribution in [3.05, 3.63) is 74.6 Å². The Hall–Kier alpha value is -3.41. The minimum Gasteiger partial charge on any atom is -0.452 e. The number of anilines is 1. The van der Waals surface area contributed by atoms with E-state index in [0.29, 0.717) is 16.9 Å². The van der Waals surface area contributed by atoms with Crippen LogP contribution < -0.4 is 5.32 Å². The van der Waals surface area contributed by atoms with Crippen molar-refractivity contribution in [1.82, 2.24) is 9.78 Å². The highest BCUT2D eigenvalue weighted by Gasteiger charge is 2.21. The third-order valence-electron chi connectivity index (χ3n) is 6.37. The summed E-state index contributed by atoms with van der Waals surface area (Å²) >= 11 is 0. The second-order valence-electron chi connectivity index (χ2n) is 8.42. The summed E-state index contributed by atoms with van der Waals surface area (Å²) in [5.74, 6) is -0.881. The van der Waals surface area contributed by atoms with Gasteiger partial charge in [0.25, 0.3) is 5.91 Å². The van der Waals surface area contributed by atoms with Crippen LogP contribution in [0.2, 0.25) is 0 Å². The lowest BCUT2D eigenvalue weighted by Gasteiger charge is -2.17. The van der Waals surface area contributed by atoms with Crippen LogP contribution in [0.3, 0.4) is 0 Å². The van der Waals surface area contributed by atoms with Crippen LogP contribution in [0.4, 0.5) is 5.69 Å². The SMILES string of the molecule is Cc1ccc(-n2nc(C)c(NC(=O)COC(=O)c3c(C)c(C)c(C)c(C)c3C)c2C)cc1. The van der Waals surface area contributed by atoms with Gasteiger partial charge in [0.2, 0.25) is 0 Å². The van der Waals surface area contributed by atoms with Gasteiger partial charge in [0.05, 0.1) is 28.3 Å². The summed E-state index contributed by atoms with van der Waals surface area (Å²) in [4.78, 5) is 25.4. The fourth-order valence-corrected chi connectivity index (χ4v) is 3.95. The molecule has 0 aliphatic heterocycles. The minimum atomic E-state index is -0.481. The number of aromatic nitrogens is 2. The Balaban J connectivity index is 1.74. The number of amides is 1. The van der Waals surface area contributed by atoms with Gasteiger partial charge >= 0.3 is 5.97 Å². The van der Waals surface area contributed by atoms with Crippen molar-refractivity contribution in [2.24, 2.45) is 0 Å². The molecule has 2 aromatic carbocycles. The molecule has 168 valence electrons. The summed E-state index contributed by atoms with van der Waals surface area (Å²) in [6.45, 7) is 15.3. The molecule has 0 atom stereocenters. The Morgan fingerprint density at radius 2 is 1.38 bits per heavy atom. The molecule has 0 spiro atoms. The molecule has 1 heterocycles. The van der Waals surface area contributed by atoms with Crippen molar-refractivity contribution in [3.63, 3.8) is 0 Å². The van der Waals surface area contributed by atoms with Crippen molar-refractivity contribution in [2.75, 3.05) is 11.9 Å². The monoisotopic (exact) mass is 433 g/mol. The average molecular weight is 434 g/mol. The molecule has 0 aliphatic carbocycles. The molecular weight excluding hydrogens is 402 g/mol. The van der Waals surface area contributed by atoms with Gasteiger partial charge in [-0.15, -0.1) is 0 Å². The fraction of sp³-hybridized carbons (Fsp3) is 0.346. The van der Waals surface area contributed by atoms with E-state index in [0.717, 1.165) is 39.2 Å². The van der Waals surface area contributed by atoms with E-state index in [1.165, 1.54) is 5.56 Å². The molecule has 3 aromatic rings. The van der Waals surface area contributed by atoms with Crippen LogP contribution in [0.25, 0.3) is 5.69 Å². The van der Waals surface area contributed by atoms with Crippen LogP contribution in [0.1, 0.15) is 55.1 Å². The number of carbonyl (C=O) groups excluding carboxylic acids is 2. The highest BCUT2D eigenvalue weighted by molar-refractivity contribution is 5.98. The summed E-state index contributed by atoms with van der Waals surface area (Å²) in [5, 5.41) is 7.40. The van der Waals surface area contributed by atoms with E-state index in [1.54, 1.807) is 4.68 Å². The van der Waals surface area contributed by atoms with Crippen LogP contribution in [-0.2, 0) is 9.53 Å². The Bertz CT molecular complexity index is 1180. The fourth-order valence-electron chi connectivity index (χ4n) is 3.95. The first-order chi connectivity index (χ1) is 15.0. The summed E-state index contributed by atoms with van der Waals surface area (Å²) in [6, 6.07) is 8.00. The second kappa shape index (κ2) is 8.99. The molecule has 1 aromatic heterocycles. The van der Waals surface area contributed by atoms with E-state index in [4.69, 9.17) is 4.74 Å². The van der Waals surface area contributed by atoms with Gasteiger partial charge in [0, 0.05) is 0 Å². The summed E-state index contributed by atoms with van der Waals surface area (Å²) in [5.41, 5.74) is 9.84. The van der Waals surface area contributed by atoms with Crippen molar-refractivity contribution in [3.8, 4) is 5.69 Å². The number of nitrogens with one attached hydrogen (secondary N) is 1. The zero-order chi connectivity index (χ0) is 23.7. The lowest BCUT2D eigenvalue weighted by Crippen LogP contribution is -2.22. The highest BCUT2D eigenvalue weighted by atomic mass is 16.5. The first-order valence-corrected chi connectivity index (χ1v) is 10.7. The number of esters is 1. The number of hydrogen-bond acceptors (Lipinski definition) is 4. The Morgan fingerprint density at radius 1 is 0.844 bits per heavy atom. The smallest absolute Gasteiger partial charge is 0.339 e. The van der Waals surface area contributed by atoms with Crippen LogP contribution in [-0.4, -0.2) is 28.3 Å². The zero-order valence-corrected chi connectivity index (χ0v) is 20.1. The highest BCUT2D eigenvalue weighted by Crippen LogP contribution is 2.27. The Labute approximate surface area is 189 Å². The second-order valence-corrected chi connectivity index (χ2v) is 8.42. The molecular formula is C26H31N3O3. The van der Waals surface area contributed by atoms with Gasteiger partial charge < -0.3 is 10.1 Å². The predicted molar refractivity (Wildman–Crippen MR) is 127 cm³/mol. The van der Waals surface area contributed by atoms with E-state index in [9.17, 15) is 9.59 Å². The molecule has 0 unspecified atom stereocenters. The first-order valence-electron chi connectivity index (χ1n) is 10.7. The summed E-state index contributed by atoms with van der Waals surface area (Å²) in [7, 11) is 0. The van der Waals surface area contributed by atoms with Crippen molar-refractivity contribution in [2.45, 2.75) is 55.4 Å². The summed E-state index contributed by atoms with van der Waals surface area (Å²) < 4.78 is 7.17. The minimum absolute atomic E-state index is 0.363. The molecule has 6 heteroatoms. The van der Waals surface area contributed by atoms with Gasteiger partial charge in [-0.1, -0.05) is 17.7 Å². The van der Waals surface area contributed by atoms with Crippen molar-refractivity contribution >= 4 is 17.6 Å². The largest absolute Gasteiger partial charge is 0.452 e. The predicted octanol–water partition coefficient (Wildman–Crippen LogP) is 5.14. The van der Waals surface area contributed by atoms with E-state index in [1.807, 2.05) is 72.7 Å². The topological polar surface area (TPSA) is 73.2 Å². The van der Waals surface area contributed by atoms with Gasteiger partial charge in [0.15, 0.2) is 6.61 Å². The normalized spacial score (nSPS) is 10.9. The number of carbonyl (C=O) groups is 2. The zero-order valence-electron chi connectivity index (χ0n) is 20.1. The maximum absolute atomic E-state index is 12.8. The van der Waals surface area contributed by atoms with E-state index in [2.05, 4.69) is 17.3 Å². The summed E-state index contributed by atoms with van der Waals surface area (Å²) in [6.07, 6.45) is 0. The van der Waals surface area contributed by atoms with E-state index >= 15 is 0 Å². The van der Waals surface area contributed by atoms with Gasteiger partial charge in [-0.2, -0.15) is 5.10 Å². The van der Waals surface area contributed by atoms with Crippen LogP contribution in [0.15, 0.2) is 24.3 Å². The number of benzene rings is 2. The molecule has 6 nitrogen and oxygen atoms in total. The standard InChI is InChI=1S/C26H31N3O3/c1-14-9-11-22(12-10-14)29-21(8)25(20(7)28-29)27-23(30)13-32-26(31)24-18(5)16(3)15(2)17(4)19(24)6/h9-12H,13H2,1-8H3,(H,27,30). The quantitative estimate of drug-likeness (QED) is 0.566. The van der Waals surface area contributed by atoms with Crippen molar-refractivity contribution < 1.29 is 14.3 Å². The maximum Gasteiger partial charge on any atom is 0.339 e. The molecule has 0 saturated carbocycles. The number of ether oxygens (including phenoxy) is 1. The Kier molecular flexibility index (Phi) is 6.53. The average Bonchev–Trinajstić information content (AvgIpc) is 3.03. The van der Waals surface area contributed by atoms with E-state index in [-0.39, 0.29) is 6.61 Å². The third kappa shape index (κ3) is 4.31. The van der Waals surface area contributed by atoms with E-state index < -0.39 is 11.9 Å². The molecule has 0 aliphatic rings. The van der Waals surface area contributed by atoms with Crippen LogP contribution in [0, 0.1) is 55.4 Å². The third-order valence-corrected chi connectivity index (χ3v) is 6.37. The molecule has 1 amide bonds. The molecule has 1 N–H and O–H groups in total. The Morgan fingerprint density at radius 3 is 1.94 bits per heavy atom. The lowest BCUT2D eigenvalue weighted by atomic mass is 9.90. The number of rotatable bonds is 5. The van der Waals surface area contributed by atoms with Gasteiger partial charge in [-0.3, -0.25) is 4.79 Å². The van der Waals surface area contributed by atoms with Crippen molar-refractivity contribution in [1.29, 1.82) is 0 Å². The van der Waals surface area contributed by atoms with Gasteiger partial charge in [-0.05, 0) is 95.3 Å². The first kappa shape index (κ1) is 23.3. The molecule has 32 heavy (non-hydrogen) atoms. The van der Waals surface area contributed by atoms with Gasteiger partial charge in [-0.25, -0.2) is 9.48 Å².